The first-order valence-corrected chi connectivity index (χ1v) is 32.4. The molecule has 0 aromatic heterocycles. The van der Waals surface area contributed by atoms with E-state index in [2.05, 4.69) is 180 Å². The molecule has 2 aliphatic carbocycles. The average Bonchev–Trinajstić information content (AvgIpc) is 3.66. The van der Waals surface area contributed by atoms with Crippen LogP contribution in [-0.2, 0) is 35.6 Å². The Morgan fingerprint density at radius 1 is 0.571 bits per heavy atom. The number of fused-ring (bicyclic) bond motifs is 2. The fraction of sp³-hybridized carbons (Fsp3) is 0.451. The minimum absolute atomic E-state index is 0. The zero-order chi connectivity index (χ0) is 39.0. The number of allylic oxidation sites excluding steroid dienone is 2. The van der Waals surface area contributed by atoms with Crippen LogP contribution in [0.2, 0.25) is 12.6 Å². The van der Waals surface area contributed by atoms with Crippen LogP contribution in [0.25, 0.3) is 23.3 Å². The summed E-state index contributed by atoms with van der Waals surface area (Å²) in [6.07, 6.45) is 10.3. The Morgan fingerprint density at radius 2 is 1.00 bits per heavy atom. The van der Waals surface area contributed by atoms with Crippen molar-refractivity contribution in [1.29, 1.82) is 0 Å². The van der Waals surface area contributed by atoms with E-state index in [0.717, 1.165) is 13.0 Å². The van der Waals surface area contributed by atoms with Crippen molar-refractivity contribution in [3.8, 4) is 0 Å². The molecule has 2 atom stereocenters. The third kappa shape index (κ3) is 10.6. The summed E-state index contributed by atoms with van der Waals surface area (Å²) in [5, 5.41) is 0. The van der Waals surface area contributed by atoms with Crippen LogP contribution in [0.3, 0.4) is 0 Å². The van der Waals surface area contributed by atoms with Gasteiger partial charge in [-0.1, -0.05) is 0 Å². The van der Waals surface area contributed by atoms with Crippen molar-refractivity contribution in [2.24, 2.45) is 0 Å². The maximum atomic E-state index is 6.08. The molecule has 0 amide bonds. The molecule has 0 spiro atoms. The van der Waals surface area contributed by atoms with E-state index in [1.165, 1.54) is 69.8 Å². The van der Waals surface area contributed by atoms with Gasteiger partial charge in [-0.2, -0.15) is 0 Å². The fourth-order valence-corrected chi connectivity index (χ4v) is 41.1. The van der Waals surface area contributed by atoms with Crippen LogP contribution in [0.1, 0.15) is 151 Å². The van der Waals surface area contributed by atoms with E-state index >= 15 is 0 Å². The Hall–Kier alpha value is -2.01. The third-order valence-corrected chi connectivity index (χ3v) is 40.8. The quantitative estimate of drug-likeness (QED) is 0.109. The number of halogens is 2. The number of ether oxygens (including phenoxy) is 1. The summed E-state index contributed by atoms with van der Waals surface area (Å²) in [7, 11) is 0. The van der Waals surface area contributed by atoms with Crippen molar-refractivity contribution in [2.45, 2.75) is 138 Å². The van der Waals surface area contributed by atoms with Gasteiger partial charge in [-0.05, 0) is 0 Å². The number of aryl methyl sites for hydroxylation is 2. The van der Waals surface area contributed by atoms with Crippen molar-refractivity contribution in [1.82, 2.24) is 0 Å². The molecule has 0 saturated carbocycles. The first-order valence-electron chi connectivity index (χ1n) is 20.6. The van der Waals surface area contributed by atoms with Gasteiger partial charge in [0.05, 0.1) is 0 Å². The Kier molecular flexibility index (Phi) is 15.8. The zero-order valence-electron chi connectivity index (χ0n) is 36.3. The molecule has 0 fully saturated rings. The van der Waals surface area contributed by atoms with Gasteiger partial charge < -0.3 is 24.8 Å². The van der Waals surface area contributed by atoms with E-state index in [1.807, 2.05) is 0 Å². The van der Waals surface area contributed by atoms with E-state index in [9.17, 15) is 0 Å². The molecule has 0 radical (unpaired) electrons. The van der Waals surface area contributed by atoms with Crippen LogP contribution in [-0.4, -0.2) is 17.7 Å². The predicted octanol–water partition coefficient (Wildman–Crippen LogP) is 8.41. The minimum atomic E-state index is -2.77. The van der Waals surface area contributed by atoms with E-state index in [-0.39, 0.29) is 41.2 Å². The second-order valence-corrected chi connectivity index (χ2v) is 42.6. The molecule has 298 valence electrons. The monoisotopic (exact) mass is 972 g/mol. The average molecular weight is 973 g/mol. The molecule has 0 heterocycles. The molecule has 56 heavy (non-hydrogen) atoms. The van der Waals surface area contributed by atoms with Crippen LogP contribution in [0.4, 0.5) is 0 Å². The molecule has 2 aliphatic rings. The molecule has 5 heteroatoms. The molecule has 1 nitrogen and oxygen atoms in total. The fourth-order valence-electron chi connectivity index (χ4n) is 8.72. The van der Waals surface area contributed by atoms with Crippen molar-refractivity contribution < 1.29 is 49.6 Å². The summed E-state index contributed by atoms with van der Waals surface area (Å²) < 4.78 is 7.16. The largest absolute Gasteiger partial charge is 1.00 e. The maximum absolute atomic E-state index is 6.08. The zero-order valence-corrected chi connectivity index (χ0v) is 42.4. The summed E-state index contributed by atoms with van der Waals surface area (Å²) in [6, 6.07) is 35.2. The Morgan fingerprint density at radius 3 is 1.41 bits per heavy atom. The first-order chi connectivity index (χ1) is 25.4. The molecular weight excluding hydrogens is 906 g/mol. The van der Waals surface area contributed by atoms with Crippen LogP contribution in [0, 0.1) is 13.8 Å². The minimum Gasteiger partial charge on any atom is -1.00 e. The smallest absolute Gasteiger partial charge is 1.00 e. The molecule has 4 aromatic carbocycles. The number of benzene rings is 4. The maximum Gasteiger partial charge on any atom is -1.00 e. The van der Waals surface area contributed by atoms with Crippen molar-refractivity contribution >= 4 is 28.8 Å². The summed E-state index contributed by atoms with van der Waals surface area (Å²) in [6.45, 7) is 28.9. The van der Waals surface area contributed by atoms with E-state index in [4.69, 9.17) is 4.74 Å². The Labute approximate surface area is 361 Å². The number of rotatable bonds is 11. The first kappa shape index (κ1) is 46.7. The van der Waals surface area contributed by atoms with Crippen molar-refractivity contribution in [2.75, 3.05) is 6.61 Å². The van der Waals surface area contributed by atoms with Crippen molar-refractivity contribution in [3.63, 3.8) is 0 Å². The van der Waals surface area contributed by atoms with Gasteiger partial charge in [-0.3, -0.25) is 0 Å². The van der Waals surface area contributed by atoms with Gasteiger partial charge in [0, 0.05) is 0 Å². The van der Waals surface area contributed by atoms with Gasteiger partial charge in [0.2, 0.25) is 0 Å². The van der Waals surface area contributed by atoms with Gasteiger partial charge in [-0.15, -0.1) is 0 Å². The molecule has 0 N–H and O–H groups in total. The molecule has 4 aromatic rings. The van der Waals surface area contributed by atoms with E-state index in [0.29, 0.717) is 7.35 Å². The molecule has 6 rings (SSSR count). The second kappa shape index (κ2) is 18.9. The normalized spacial score (nSPS) is 16.1. The molecule has 0 aliphatic heterocycles. The van der Waals surface area contributed by atoms with Gasteiger partial charge in [0.1, 0.15) is 0 Å². The van der Waals surface area contributed by atoms with Gasteiger partial charge in [0.25, 0.3) is 0 Å². The van der Waals surface area contributed by atoms with Crippen LogP contribution >= 0.6 is 0 Å². The van der Waals surface area contributed by atoms with Gasteiger partial charge in [-0.25, -0.2) is 0 Å². The second-order valence-electron chi connectivity index (χ2n) is 19.2. The van der Waals surface area contributed by atoms with Crippen molar-refractivity contribution in [3.05, 3.63) is 141 Å². The van der Waals surface area contributed by atoms with Crippen LogP contribution < -0.4 is 24.8 Å². The van der Waals surface area contributed by atoms with Crippen LogP contribution in [0.5, 0.6) is 0 Å². The van der Waals surface area contributed by atoms with Gasteiger partial charge >= 0.3 is 339 Å². The molecular formula is C51H66Cl2HfOSi. The summed E-state index contributed by atoms with van der Waals surface area (Å²) >= 11 is -2.77. The topological polar surface area (TPSA) is 9.23 Å². The number of hydrogen-bond donors (Lipinski definition) is 0. The third-order valence-electron chi connectivity index (χ3n) is 11.8. The Bertz CT molecular complexity index is 1970. The SMILES string of the molecule is Cc1cc(C(C)(C)C)ccc1C1=Cc2ccccc2[CH]1[Hf+2]([CH]1C(c2ccc(C(C)(C)C)cc2C)=Cc2ccccc21)=[Si](C)CCCCCCOC(C)(C)C.[Cl-].[Cl-]. The summed E-state index contributed by atoms with van der Waals surface area (Å²) in [5.41, 5.74) is 17.6. The summed E-state index contributed by atoms with van der Waals surface area (Å²) in [5.74, 6) is 0. The number of hydrogen-bond acceptors (Lipinski definition) is 1. The predicted molar refractivity (Wildman–Crippen MR) is 234 cm³/mol. The molecule has 0 bridgehead atoms. The number of unbranched alkanes of at least 4 members (excludes halogenated alkanes) is 3. The Balaban J connectivity index is 0.00000348. The molecule has 2 unspecified atom stereocenters. The van der Waals surface area contributed by atoms with E-state index in [1.54, 1.807) is 22.3 Å². The standard InChI is InChI=1S/2C20H21.C11H24OSi.2ClH.Hf/c2*1-14-11-18(20(2,3)4)9-10-19(14)17-12-15-7-5-6-8-16(15)13-17;1-11(2,3)12-9-7-5-6-8-10-13-4;;;/h2*5-13H,1-4H3;5-10H2,1-4H3;2*1H;/q;;;;;+2/p-2. The molecule has 0 saturated heterocycles. The summed E-state index contributed by atoms with van der Waals surface area (Å²) in [4.78, 5) is 0. The van der Waals surface area contributed by atoms with Gasteiger partial charge in [0.15, 0.2) is 0 Å². The van der Waals surface area contributed by atoms with E-state index < -0.39 is 25.6 Å². The van der Waals surface area contributed by atoms with Crippen LogP contribution in [0.15, 0.2) is 84.9 Å².